The zero-order valence-corrected chi connectivity index (χ0v) is 11.9. The van der Waals surface area contributed by atoms with E-state index in [-0.39, 0.29) is 5.54 Å². The van der Waals surface area contributed by atoms with Crippen LogP contribution in [-0.4, -0.2) is 23.5 Å². The first-order chi connectivity index (χ1) is 7.90. The first kappa shape index (κ1) is 14.2. The van der Waals surface area contributed by atoms with Gasteiger partial charge in [-0.15, -0.1) is 0 Å². The van der Waals surface area contributed by atoms with Crippen molar-refractivity contribution in [1.29, 1.82) is 0 Å². The smallest absolute Gasteiger partial charge is 0.0278 e. The molecule has 1 rings (SSSR count). The van der Waals surface area contributed by atoms with Crippen molar-refractivity contribution in [2.24, 2.45) is 5.73 Å². The van der Waals surface area contributed by atoms with Crippen LogP contribution in [-0.2, 0) is 6.54 Å². The van der Waals surface area contributed by atoms with Crippen molar-refractivity contribution in [3.05, 3.63) is 34.9 Å². The highest BCUT2D eigenvalue weighted by Gasteiger charge is 2.23. The predicted molar refractivity (Wildman–Crippen MR) is 75.1 cm³/mol. The van der Waals surface area contributed by atoms with Crippen LogP contribution in [0.15, 0.2) is 18.2 Å². The van der Waals surface area contributed by atoms with E-state index in [4.69, 9.17) is 5.73 Å². The molecule has 0 amide bonds. The van der Waals surface area contributed by atoms with E-state index in [0.29, 0.717) is 6.54 Å². The highest BCUT2D eigenvalue weighted by molar-refractivity contribution is 5.29. The molecule has 0 heterocycles. The standard InChI is InChI=1S/C15H26N2/c1-6-17(15(4,5)11-16)10-14-8-7-12(2)13(3)9-14/h7-9H,6,10-11,16H2,1-5H3. The van der Waals surface area contributed by atoms with Gasteiger partial charge in [-0.1, -0.05) is 25.1 Å². The number of hydrogen-bond donors (Lipinski definition) is 1. The van der Waals surface area contributed by atoms with E-state index in [0.717, 1.165) is 13.1 Å². The van der Waals surface area contributed by atoms with Crippen molar-refractivity contribution in [2.45, 2.75) is 46.7 Å². The zero-order chi connectivity index (χ0) is 13.1. The molecule has 2 heteroatoms. The van der Waals surface area contributed by atoms with Gasteiger partial charge in [-0.05, 0) is 50.9 Å². The summed E-state index contributed by atoms with van der Waals surface area (Å²) in [7, 11) is 0. The van der Waals surface area contributed by atoms with Gasteiger partial charge in [0.15, 0.2) is 0 Å². The quantitative estimate of drug-likeness (QED) is 0.849. The molecular formula is C15H26N2. The van der Waals surface area contributed by atoms with Crippen molar-refractivity contribution in [1.82, 2.24) is 4.90 Å². The lowest BCUT2D eigenvalue weighted by Crippen LogP contribution is -2.48. The van der Waals surface area contributed by atoms with E-state index in [2.05, 4.69) is 57.7 Å². The Morgan fingerprint density at radius 2 is 1.82 bits per heavy atom. The monoisotopic (exact) mass is 234 g/mol. The molecule has 0 saturated heterocycles. The van der Waals surface area contributed by atoms with Crippen molar-refractivity contribution >= 4 is 0 Å². The summed E-state index contributed by atoms with van der Waals surface area (Å²) >= 11 is 0. The van der Waals surface area contributed by atoms with Gasteiger partial charge in [0.05, 0.1) is 0 Å². The van der Waals surface area contributed by atoms with Crippen LogP contribution in [0.4, 0.5) is 0 Å². The minimum atomic E-state index is 0.0630. The van der Waals surface area contributed by atoms with Gasteiger partial charge in [-0.3, -0.25) is 4.90 Å². The molecule has 96 valence electrons. The molecule has 0 unspecified atom stereocenters. The number of nitrogens with two attached hydrogens (primary N) is 1. The van der Waals surface area contributed by atoms with E-state index in [1.54, 1.807) is 0 Å². The summed E-state index contributed by atoms with van der Waals surface area (Å²) in [5.41, 5.74) is 10.0. The molecule has 0 radical (unpaired) electrons. The van der Waals surface area contributed by atoms with E-state index in [1.807, 2.05) is 0 Å². The minimum absolute atomic E-state index is 0.0630. The molecule has 0 fully saturated rings. The Morgan fingerprint density at radius 1 is 1.18 bits per heavy atom. The largest absolute Gasteiger partial charge is 0.329 e. The molecule has 1 aromatic carbocycles. The van der Waals surface area contributed by atoms with Gasteiger partial charge < -0.3 is 5.73 Å². The third-order valence-electron chi connectivity index (χ3n) is 3.68. The maximum Gasteiger partial charge on any atom is 0.0278 e. The summed E-state index contributed by atoms with van der Waals surface area (Å²) < 4.78 is 0. The maximum absolute atomic E-state index is 5.85. The fourth-order valence-electron chi connectivity index (χ4n) is 2.01. The molecule has 2 nitrogen and oxygen atoms in total. The molecule has 0 spiro atoms. The first-order valence-corrected chi connectivity index (χ1v) is 6.42. The molecule has 2 N–H and O–H groups in total. The minimum Gasteiger partial charge on any atom is -0.329 e. The van der Waals surface area contributed by atoms with E-state index in [9.17, 15) is 0 Å². The number of likely N-dealkylation sites (N-methyl/N-ethyl adjacent to an activating group) is 1. The Morgan fingerprint density at radius 3 is 2.29 bits per heavy atom. The van der Waals surface area contributed by atoms with Crippen molar-refractivity contribution < 1.29 is 0 Å². The lowest BCUT2D eigenvalue weighted by atomic mass is 10.0. The highest BCUT2D eigenvalue weighted by atomic mass is 15.2. The van der Waals surface area contributed by atoms with Crippen LogP contribution in [0, 0.1) is 13.8 Å². The second-order valence-corrected chi connectivity index (χ2v) is 5.45. The molecular weight excluding hydrogens is 208 g/mol. The van der Waals surface area contributed by atoms with Crippen LogP contribution >= 0.6 is 0 Å². The summed E-state index contributed by atoms with van der Waals surface area (Å²) in [6, 6.07) is 6.70. The van der Waals surface area contributed by atoms with Gasteiger partial charge in [0.2, 0.25) is 0 Å². The summed E-state index contributed by atoms with van der Waals surface area (Å²) in [6.45, 7) is 13.6. The average Bonchev–Trinajstić information content (AvgIpc) is 2.30. The second-order valence-electron chi connectivity index (χ2n) is 5.45. The Labute approximate surface area is 106 Å². The van der Waals surface area contributed by atoms with Crippen LogP contribution in [0.2, 0.25) is 0 Å². The van der Waals surface area contributed by atoms with Gasteiger partial charge in [0.25, 0.3) is 0 Å². The molecule has 0 atom stereocenters. The third kappa shape index (κ3) is 3.55. The van der Waals surface area contributed by atoms with Crippen LogP contribution in [0.5, 0.6) is 0 Å². The Bertz CT molecular complexity index is 369. The van der Waals surface area contributed by atoms with Crippen molar-refractivity contribution in [2.75, 3.05) is 13.1 Å². The molecule has 17 heavy (non-hydrogen) atoms. The average molecular weight is 234 g/mol. The number of aryl methyl sites for hydroxylation is 2. The van der Waals surface area contributed by atoms with Crippen LogP contribution < -0.4 is 5.73 Å². The van der Waals surface area contributed by atoms with Crippen molar-refractivity contribution in [3.63, 3.8) is 0 Å². The Kier molecular flexibility index (Phi) is 4.72. The first-order valence-electron chi connectivity index (χ1n) is 6.42. The Balaban J connectivity index is 2.84. The molecule has 0 aromatic heterocycles. The number of hydrogen-bond acceptors (Lipinski definition) is 2. The topological polar surface area (TPSA) is 29.3 Å². The fourth-order valence-corrected chi connectivity index (χ4v) is 2.01. The molecule has 0 aliphatic carbocycles. The number of benzene rings is 1. The summed E-state index contributed by atoms with van der Waals surface area (Å²) in [5, 5.41) is 0. The van der Waals surface area contributed by atoms with Gasteiger partial charge in [0, 0.05) is 18.6 Å². The van der Waals surface area contributed by atoms with E-state index in [1.165, 1.54) is 16.7 Å². The van der Waals surface area contributed by atoms with E-state index >= 15 is 0 Å². The fraction of sp³-hybridized carbons (Fsp3) is 0.600. The van der Waals surface area contributed by atoms with Gasteiger partial charge in [-0.25, -0.2) is 0 Å². The maximum atomic E-state index is 5.85. The lowest BCUT2D eigenvalue weighted by Gasteiger charge is -2.37. The number of rotatable bonds is 5. The van der Waals surface area contributed by atoms with Crippen LogP contribution in [0.3, 0.4) is 0 Å². The van der Waals surface area contributed by atoms with Gasteiger partial charge in [-0.2, -0.15) is 0 Å². The molecule has 0 aliphatic heterocycles. The SMILES string of the molecule is CCN(Cc1ccc(C)c(C)c1)C(C)(C)CN. The Hall–Kier alpha value is -0.860. The van der Waals surface area contributed by atoms with Gasteiger partial charge in [0.1, 0.15) is 0 Å². The lowest BCUT2D eigenvalue weighted by molar-refractivity contribution is 0.126. The molecule has 0 aliphatic rings. The van der Waals surface area contributed by atoms with Crippen LogP contribution in [0.25, 0.3) is 0 Å². The molecule has 0 bridgehead atoms. The normalized spacial score (nSPS) is 12.2. The van der Waals surface area contributed by atoms with E-state index < -0.39 is 0 Å². The summed E-state index contributed by atoms with van der Waals surface area (Å²) in [5.74, 6) is 0. The van der Waals surface area contributed by atoms with Gasteiger partial charge >= 0.3 is 0 Å². The third-order valence-corrected chi connectivity index (χ3v) is 3.68. The summed E-state index contributed by atoms with van der Waals surface area (Å²) in [6.07, 6.45) is 0. The van der Waals surface area contributed by atoms with Crippen LogP contribution in [0.1, 0.15) is 37.5 Å². The number of nitrogens with zero attached hydrogens (tertiary/aromatic N) is 1. The highest BCUT2D eigenvalue weighted by Crippen LogP contribution is 2.18. The summed E-state index contributed by atoms with van der Waals surface area (Å²) in [4.78, 5) is 2.43. The zero-order valence-electron chi connectivity index (χ0n) is 11.9. The molecule has 1 aromatic rings. The second kappa shape index (κ2) is 5.65. The molecule has 0 saturated carbocycles. The van der Waals surface area contributed by atoms with Crippen molar-refractivity contribution in [3.8, 4) is 0 Å². The predicted octanol–water partition coefficient (Wildman–Crippen LogP) is 2.86.